The molecule has 0 radical (unpaired) electrons. The second kappa shape index (κ2) is 5.80. The van der Waals surface area contributed by atoms with E-state index in [1.807, 2.05) is 0 Å². The molecule has 0 bridgehead atoms. The third-order valence-corrected chi connectivity index (χ3v) is 2.89. The van der Waals surface area contributed by atoms with Crippen LogP contribution < -0.4 is 5.32 Å². The number of hydrogen-bond acceptors (Lipinski definition) is 2. The highest BCUT2D eigenvalue weighted by atomic mass is 35.5. The van der Waals surface area contributed by atoms with E-state index in [-0.39, 0.29) is 22.9 Å². The van der Waals surface area contributed by atoms with E-state index >= 15 is 0 Å². The molecular weight excluding hydrogens is 267 g/mol. The lowest BCUT2D eigenvalue weighted by Gasteiger charge is -2.14. The smallest absolute Gasteiger partial charge is 0.251 e. The number of benzene rings is 1. The van der Waals surface area contributed by atoms with Gasteiger partial charge in [0.25, 0.3) is 5.91 Å². The van der Waals surface area contributed by atoms with E-state index in [4.69, 9.17) is 11.6 Å². The number of pyridine rings is 1. The Morgan fingerprint density at radius 2 is 2.16 bits per heavy atom. The lowest BCUT2D eigenvalue weighted by atomic mass is 10.1. The van der Waals surface area contributed by atoms with E-state index < -0.39 is 0 Å². The minimum atomic E-state index is -0.328. The first kappa shape index (κ1) is 13.5. The quantitative estimate of drug-likeness (QED) is 0.875. The highest BCUT2D eigenvalue weighted by Crippen LogP contribution is 2.15. The van der Waals surface area contributed by atoms with Crippen LogP contribution >= 0.6 is 11.6 Å². The maximum absolute atomic E-state index is 13.1. The largest absolute Gasteiger partial charge is 0.346 e. The van der Waals surface area contributed by atoms with E-state index in [1.54, 1.807) is 25.1 Å². The Labute approximate surface area is 115 Å². The molecule has 98 valence electrons. The predicted octanol–water partition coefficient (Wildman–Crippen LogP) is 3.37. The summed E-state index contributed by atoms with van der Waals surface area (Å²) in [6.45, 7) is 1.79. The molecule has 0 fully saturated rings. The number of carbonyl (C=O) groups excluding carboxylic acids is 1. The zero-order valence-electron chi connectivity index (χ0n) is 10.2. The second-order valence-corrected chi connectivity index (χ2v) is 4.50. The molecule has 2 aromatic rings. The van der Waals surface area contributed by atoms with Crippen LogP contribution in [-0.2, 0) is 0 Å². The molecule has 3 nitrogen and oxygen atoms in total. The summed E-state index contributed by atoms with van der Waals surface area (Å²) < 4.78 is 13.1. The van der Waals surface area contributed by atoms with Gasteiger partial charge in [0, 0.05) is 11.8 Å². The minimum Gasteiger partial charge on any atom is -0.346 e. The normalized spacial score (nSPS) is 11.9. The molecule has 0 saturated carbocycles. The summed E-state index contributed by atoms with van der Waals surface area (Å²) in [6.07, 6.45) is 1.46. The van der Waals surface area contributed by atoms with E-state index in [2.05, 4.69) is 10.3 Å². The Balaban J connectivity index is 2.11. The minimum absolute atomic E-state index is 0.256. The average Bonchev–Trinajstić information content (AvgIpc) is 2.38. The fourth-order valence-corrected chi connectivity index (χ4v) is 1.86. The van der Waals surface area contributed by atoms with Crippen LogP contribution in [0.3, 0.4) is 0 Å². The van der Waals surface area contributed by atoms with Gasteiger partial charge in [-0.2, -0.15) is 0 Å². The number of halogens is 2. The van der Waals surface area contributed by atoms with Crippen molar-refractivity contribution in [2.75, 3.05) is 0 Å². The van der Waals surface area contributed by atoms with Crippen molar-refractivity contribution in [3.63, 3.8) is 0 Å². The molecule has 1 N–H and O–H groups in total. The SMILES string of the molecule is CC(NC(=O)c1ccnc(Cl)c1)c1cccc(F)c1. The number of nitrogens with zero attached hydrogens (tertiary/aromatic N) is 1. The van der Waals surface area contributed by atoms with Crippen LogP contribution in [0.25, 0.3) is 0 Å². The molecule has 2 rings (SSSR count). The van der Waals surface area contributed by atoms with Crippen LogP contribution in [-0.4, -0.2) is 10.9 Å². The monoisotopic (exact) mass is 278 g/mol. The van der Waals surface area contributed by atoms with Gasteiger partial charge in [-0.05, 0) is 36.8 Å². The van der Waals surface area contributed by atoms with Gasteiger partial charge in [-0.3, -0.25) is 4.79 Å². The standard InChI is InChI=1S/C14H12ClFN2O/c1-9(10-3-2-4-12(16)7-10)18-14(19)11-5-6-17-13(15)8-11/h2-9H,1H3,(H,18,19). The molecule has 0 spiro atoms. The van der Waals surface area contributed by atoms with Crippen molar-refractivity contribution in [1.82, 2.24) is 10.3 Å². The van der Waals surface area contributed by atoms with Gasteiger partial charge in [-0.15, -0.1) is 0 Å². The van der Waals surface area contributed by atoms with Crippen molar-refractivity contribution in [3.8, 4) is 0 Å². The maximum Gasteiger partial charge on any atom is 0.251 e. The van der Waals surface area contributed by atoms with Gasteiger partial charge in [0.1, 0.15) is 11.0 Å². The lowest BCUT2D eigenvalue weighted by molar-refractivity contribution is 0.0939. The molecule has 1 aromatic heterocycles. The Bertz CT molecular complexity index is 604. The predicted molar refractivity (Wildman–Crippen MR) is 71.5 cm³/mol. The van der Waals surface area contributed by atoms with Crippen molar-refractivity contribution in [1.29, 1.82) is 0 Å². The zero-order chi connectivity index (χ0) is 13.8. The first-order valence-corrected chi connectivity index (χ1v) is 6.12. The number of nitrogens with one attached hydrogen (secondary N) is 1. The highest BCUT2D eigenvalue weighted by molar-refractivity contribution is 6.29. The summed E-state index contributed by atoms with van der Waals surface area (Å²) in [5.41, 5.74) is 1.12. The first-order chi connectivity index (χ1) is 9.06. The lowest BCUT2D eigenvalue weighted by Crippen LogP contribution is -2.26. The molecular formula is C14H12ClFN2O. The van der Waals surface area contributed by atoms with E-state index in [1.165, 1.54) is 24.4 Å². The topological polar surface area (TPSA) is 42.0 Å². The third-order valence-electron chi connectivity index (χ3n) is 2.69. The van der Waals surface area contributed by atoms with Gasteiger partial charge >= 0.3 is 0 Å². The van der Waals surface area contributed by atoms with Crippen molar-refractivity contribution < 1.29 is 9.18 Å². The van der Waals surface area contributed by atoms with Gasteiger partial charge in [0.05, 0.1) is 6.04 Å². The number of hydrogen-bond donors (Lipinski definition) is 1. The van der Waals surface area contributed by atoms with Gasteiger partial charge < -0.3 is 5.32 Å². The van der Waals surface area contributed by atoms with Crippen molar-refractivity contribution in [3.05, 3.63) is 64.7 Å². The summed E-state index contributed by atoms with van der Waals surface area (Å²) in [5.74, 6) is -0.605. The zero-order valence-corrected chi connectivity index (χ0v) is 11.0. The van der Waals surface area contributed by atoms with E-state index in [0.717, 1.165) is 0 Å². The van der Waals surface area contributed by atoms with Crippen molar-refractivity contribution >= 4 is 17.5 Å². The summed E-state index contributed by atoms with van der Waals surface area (Å²) >= 11 is 5.72. The third kappa shape index (κ3) is 3.51. The maximum atomic E-state index is 13.1. The summed E-state index contributed by atoms with van der Waals surface area (Å²) in [4.78, 5) is 15.8. The van der Waals surface area contributed by atoms with Gasteiger partial charge in [0.15, 0.2) is 0 Å². The summed E-state index contributed by atoms with van der Waals surface area (Å²) in [6, 6.07) is 8.87. The summed E-state index contributed by atoms with van der Waals surface area (Å²) in [7, 11) is 0. The fraction of sp³-hybridized carbons (Fsp3) is 0.143. The Hall–Kier alpha value is -1.94. The molecule has 0 aliphatic heterocycles. The van der Waals surface area contributed by atoms with Crippen molar-refractivity contribution in [2.45, 2.75) is 13.0 Å². The van der Waals surface area contributed by atoms with Gasteiger partial charge in [-0.25, -0.2) is 9.37 Å². The van der Waals surface area contributed by atoms with E-state index in [9.17, 15) is 9.18 Å². The Morgan fingerprint density at radius 3 is 2.84 bits per heavy atom. The number of aromatic nitrogens is 1. The van der Waals surface area contributed by atoms with Crippen LogP contribution in [0.1, 0.15) is 28.9 Å². The second-order valence-electron chi connectivity index (χ2n) is 4.12. The Kier molecular flexibility index (Phi) is 4.12. The van der Waals surface area contributed by atoms with Crippen LogP contribution in [0.15, 0.2) is 42.6 Å². The highest BCUT2D eigenvalue weighted by Gasteiger charge is 2.12. The van der Waals surface area contributed by atoms with E-state index in [0.29, 0.717) is 11.1 Å². The molecule has 1 unspecified atom stereocenters. The molecule has 0 saturated heterocycles. The number of carbonyl (C=O) groups is 1. The number of amides is 1. The molecule has 1 aromatic carbocycles. The van der Waals surface area contributed by atoms with Gasteiger partial charge in [0.2, 0.25) is 0 Å². The first-order valence-electron chi connectivity index (χ1n) is 5.74. The molecule has 19 heavy (non-hydrogen) atoms. The van der Waals surface area contributed by atoms with Crippen LogP contribution in [0.2, 0.25) is 5.15 Å². The fourth-order valence-electron chi connectivity index (χ4n) is 1.68. The summed E-state index contributed by atoms with van der Waals surface area (Å²) in [5, 5.41) is 3.03. The van der Waals surface area contributed by atoms with Crippen molar-refractivity contribution in [2.24, 2.45) is 0 Å². The van der Waals surface area contributed by atoms with Gasteiger partial charge in [-0.1, -0.05) is 23.7 Å². The molecule has 1 heterocycles. The average molecular weight is 279 g/mol. The molecule has 1 amide bonds. The number of rotatable bonds is 3. The Morgan fingerprint density at radius 1 is 1.37 bits per heavy atom. The van der Waals surface area contributed by atoms with Crippen LogP contribution in [0, 0.1) is 5.82 Å². The molecule has 5 heteroatoms. The van der Waals surface area contributed by atoms with Crippen LogP contribution in [0.5, 0.6) is 0 Å². The molecule has 1 atom stereocenters. The molecule has 0 aliphatic rings. The van der Waals surface area contributed by atoms with Crippen LogP contribution in [0.4, 0.5) is 4.39 Å². The molecule has 0 aliphatic carbocycles.